The Balaban J connectivity index is 1.34. The third-order valence-electron chi connectivity index (χ3n) is 6.68. The first-order valence-corrected chi connectivity index (χ1v) is 16.3. The van der Waals surface area contributed by atoms with Gasteiger partial charge in [0.1, 0.15) is 12.4 Å². The Morgan fingerprint density at radius 3 is 2.47 bits per heavy atom. The molecule has 1 unspecified atom stereocenters. The highest BCUT2D eigenvalue weighted by atomic mass is 35.5. The molecule has 1 aromatic heterocycles. The fourth-order valence-corrected chi connectivity index (χ4v) is 6.76. The predicted molar refractivity (Wildman–Crippen MR) is 170 cm³/mol. The van der Waals surface area contributed by atoms with Crippen LogP contribution in [0.4, 0.5) is 0 Å². The number of rotatable bonds is 13. The van der Waals surface area contributed by atoms with Gasteiger partial charge in [0.05, 0.1) is 16.1 Å². The van der Waals surface area contributed by atoms with Crippen molar-refractivity contribution < 1.29 is 23.1 Å². The van der Waals surface area contributed by atoms with Gasteiger partial charge < -0.3 is 9.84 Å². The number of fused-ring (bicyclic) bond motifs is 1. The number of sulfonamides is 1. The molecule has 10 heteroatoms. The second-order valence-electron chi connectivity index (χ2n) is 9.81. The van der Waals surface area contributed by atoms with Gasteiger partial charge in [-0.05, 0) is 78.2 Å². The number of nitrogens with zero attached hydrogens (tertiary/aromatic N) is 1. The quantitative estimate of drug-likeness (QED) is 0.131. The highest BCUT2D eigenvalue weighted by Crippen LogP contribution is 2.37. The van der Waals surface area contributed by atoms with Crippen molar-refractivity contribution in [3.05, 3.63) is 131 Å². The zero-order valence-electron chi connectivity index (χ0n) is 23.0. The van der Waals surface area contributed by atoms with Crippen LogP contribution in [0, 0.1) is 0 Å². The van der Waals surface area contributed by atoms with E-state index < -0.39 is 16.0 Å². The van der Waals surface area contributed by atoms with Crippen molar-refractivity contribution >= 4 is 50.3 Å². The SMILES string of the molecule is O=C(O)CCc1ccc(SC(CNS(=O)(=O)c2ccc(Cl)cc2)c2cccc(OCc3ccc4ccccc4n3)c2)cc1. The monoisotopic (exact) mass is 632 g/mol. The molecule has 0 aliphatic heterocycles. The Morgan fingerprint density at radius 1 is 0.930 bits per heavy atom. The van der Waals surface area contributed by atoms with E-state index in [1.165, 1.54) is 23.9 Å². The van der Waals surface area contributed by atoms with Gasteiger partial charge in [0.25, 0.3) is 0 Å². The summed E-state index contributed by atoms with van der Waals surface area (Å²) in [6, 6.07) is 33.1. The van der Waals surface area contributed by atoms with Crippen molar-refractivity contribution in [2.24, 2.45) is 0 Å². The average Bonchev–Trinajstić information content (AvgIpc) is 3.02. The molecule has 220 valence electrons. The first-order valence-electron chi connectivity index (χ1n) is 13.6. The largest absolute Gasteiger partial charge is 0.487 e. The lowest BCUT2D eigenvalue weighted by atomic mass is 10.1. The summed E-state index contributed by atoms with van der Waals surface area (Å²) < 4.78 is 35.0. The van der Waals surface area contributed by atoms with Crippen molar-refractivity contribution in [3.63, 3.8) is 0 Å². The third kappa shape index (κ3) is 8.58. The summed E-state index contributed by atoms with van der Waals surface area (Å²) in [6.07, 6.45) is 0.499. The van der Waals surface area contributed by atoms with E-state index in [2.05, 4.69) is 9.71 Å². The molecule has 0 amide bonds. The number of carboxylic acid groups (broad SMARTS) is 1. The fraction of sp³-hybridized carbons (Fsp3) is 0.152. The molecule has 0 aliphatic rings. The summed E-state index contributed by atoms with van der Waals surface area (Å²) in [5.41, 5.74) is 3.50. The third-order valence-corrected chi connectivity index (χ3v) is 9.64. The van der Waals surface area contributed by atoms with E-state index in [1.807, 2.05) is 84.9 Å². The maximum atomic E-state index is 13.1. The van der Waals surface area contributed by atoms with Gasteiger partial charge in [-0.3, -0.25) is 4.79 Å². The molecule has 5 aromatic rings. The van der Waals surface area contributed by atoms with Gasteiger partial charge in [-0.15, -0.1) is 11.8 Å². The van der Waals surface area contributed by atoms with Crippen LogP contribution in [0.3, 0.4) is 0 Å². The van der Waals surface area contributed by atoms with E-state index in [1.54, 1.807) is 12.1 Å². The number of ether oxygens (including phenoxy) is 1. The van der Waals surface area contributed by atoms with Crippen LogP contribution in [0.25, 0.3) is 10.9 Å². The molecule has 5 rings (SSSR count). The average molecular weight is 633 g/mol. The zero-order chi connectivity index (χ0) is 30.2. The number of para-hydroxylation sites is 1. The van der Waals surface area contributed by atoms with Gasteiger partial charge >= 0.3 is 5.97 Å². The Hall–Kier alpha value is -3.89. The van der Waals surface area contributed by atoms with Crippen LogP contribution in [-0.4, -0.2) is 31.0 Å². The second-order valence-corrected chi connectivity index (χ2v) is 13.3. The molecule has 0 aliphatic carbocycles. The molecule has 1 heterocycles. The van der Waals surface area contributed by atoms with E-state index >= 15 is 0 Å². The summed E-state index contributed by atoms with van der Waals surface area (Å²) >= 11 is 7.45. The normalized spacial score (nSPS) is 12.2. The minimum Gasteiger partial charge on any atom is -0.487 e. The lowest BCUT2D eigenvalue weighted by Crippen LogP contribution is -2.27. The lowest BCUT2D eigenvalue weighted by Gasteiger charge is -2.19. The summed E-state index contributed by atoms with van der Waals surface area (Å²) in [4.78, 5) is 16.7. The molecule has 2 N–H and O–H groups in total. The lowest BCUT2D eigenvalue weighted by molar-refractivity contribution is -0.136. The fourth-order valence-electron chi connectivity index (χ4n) is 4.41. The molecular weight excluding hydrogens is 604 g/mol. The molecule has 0 radical (unpaired) electrons. The molecule has 43 heavy (non-hydrogen) atoms. The first kappa shape index (κ1) is 30.6. The van der Waals surface area contributed by atoms with E-state index in [0.29, 0.717) is 17.2 Å². The molecule has 1 atom stereocenters. The summed E-state index contributed by atoms with van der Waals surface area (Å²) in [5, 5.41) is 10.2. The van der Waals surface area contributed by atoms with Gasteiger partial charge in [-0.25, -0.2) is 18.1 Å². The van der Waals surface area contributed by atoms with Crippen LogP contribution in [0.15, 0.2) is 119 Å². The number of hydrogen-bond acceptors (Lipinski definition) is 6. The summed E-state index contributed by atoms with van der Waals surface area (Å²) in [5.74, 6) is -0.201. The summed E-state index contributed by atoms with van der Waals surface area (Å²) in [6.45, 7) is 0.402. The zero-order valence-corrected chi connectivity index (χ0v) is 25.4. The molecule has 0 saturated heterocycles. The maximum absolute atomic E-state index is 13.1. The number of pyridine rings is 1. The number of halogens is 1. The van der Waals surface area contributed by atoms with Gasteiger partial charge in [0, 0.05) is 33.5 Å². The number of thioether (sulfide) groups is 1. The number of aliphatic carboxylic acids is 1. The number of aryl methyl sites for hydroxylation is 1. The highest BCUT2D eigenvalue weighted by Gasteiger charge is 2.20. The minimum atomic E-state index is -3.79. The standard InChI is InChI=1S/C33H29ClN2O5S2/c34-26-12-17-30(18-13-26)43(39,40)35-21-32(42-29-15-8-23(9-16-29)10-19-33(37)38)25-5-3-6-28(20-25)41-22-27-14-11-24-4-1-2-7-31(24)36-27/h1-9,11-18,20,32,35H,10,19,21-22H2,(H,37,38). The topological polar surface area (TPSA) is 106 Å². The van der Waals surface area contributed by atoms with Gasteiger partial charge in [-0.1, -0.05) is 60.1 Å². The maximum Gasteiger partial charge on any atom is 0.303 e. The number of benzene rings is 4. The predicted octanol–water partition coefficient (Wildman–Crippen LogP) is 7.30. The van der Waals surface area contributed by atoms with Crippen molar-refractivity contribution in [1.82, 2.24) is 9.71 Å². The van der Waals surface area contributed by atoms with Crippen LogP contribution >= 0.6 is 23.4 Å². The van der Waals surface area contributed by atoms with E-state index in [-0.39, 0.29) is 29.7 Å². The molecule has 0 saturated carbocycles. The van der Waals surface area contributed by atoms with Crippen molar-refractivity contribution in [2.75, 3.05) is 6.54 Å². The highest BCUT2D eigenvalue weighted by molar-refractivity contribution is 7.99. The van der Waals surface area contributed by atoms with Crippen molar-refractivity contribution in [3.8, 4) is 5.75 Å². The first-order chi connectivity index (χ1) is 20.7. The smallest absolute Gasteiger partial charge is 0.303 e. The van der Waals surface area contributed by atoms with E-state index in [9.17, 15) is 13.2 Å². The Bertz CT molecular complexity index is 1810. The molecular formula is C33H29ClN2O5S2. The number of aromatic nitrogens is 1. The molecule has 7 nitrogen and oxygen atoms in total. The Morgan fingerprint density at radius 2 is 1.70 bits per heavy atom. The number of carboxylic acids is 1. The van der Waals surface area contributed by atoms with Gasteiger partial charge in [0.15, 0.2) is 0 Å². The van der Waals surface area contributed by atoms with Crippen molar-refractivity contribution in [2.45, 2.75) is 34.5 Å². The van der Waals surface area contributed by atoms with Crippen LogP contribution in [0.2, 0.25) is 5.02 Å². The van der Waals surface area contributed by atoms with E-state index in [4.69, 9.17) is 21.4 Å². The summed E-state index contributed by atoms with van der Waals surface area (Å²) in [7, 11) is -3.79. The number of nitrogens with one attached hydrogen (secondary N) is 1. The molecule has 0 spiro atoms. The van der Waals surface area contributed by atoms with Crippen LogP contribution in [0.1, 0.15) is 28.5 Å². The van der Waals surface area contributed by atoms with Crippen molar-refractivity contribution in [1.29, 1.82) is 0 Å². The molecule has 4 aromatic carbocycles. The molecule has 0 fully saturated rings. The second kappa shape index (κ2) is 14.1. The van der Waals surface area contributed by atoms with Gasteiger partial charge in [0.2, 0.25) is 10.0 Å². The van der Waals surface area contributed by atoms with Crippen LogP contribution in [-0.2, 0) is 27.8 Å². The van der Waals surface area contributed by atoms with Crippen LogP contribution in [0.5, 0.6) is 5.75 Å². The number of hydrogen-bond donors (Lipinski definition) is 2. The van der Waals surface area contributed by atoms with Crippen LogP contribution < -0.4 is 9.46 Å². The minimum absolute atomic E-state index is 0.0586. The number of carbonyl (C=O) groups is 1. The Kier molecular flexibility index (Phi) is 9.99. The van der Waals surface area contributed by atoms with E-state index in [0.717, 1.165) is 32.6 Å². The molecule has 0 bridgehead atoms. The Labute approximate surface area is 259 Å². The van der Waals surface area contributed by atoms with Gasteiger partial charge in [-0.2, -0.15) is 0 Å².